The Morgan fingerprint density at radius 3 is 2.00 bits per heavy atom. The second kappa shape index (κ2) is 11.6. The largest absolute Gasteiger partial charge is 0.417 e. The molecule has 0 spiro atoms. The van der Waals surface area contributed by atoms with Crippen LogP contribution < -0.4 is 5.73 Å². The van der Waals surface area contributed by atoms with Crippen LogP contribution in [0.15, 0.2) is 10.1 Å². The number of hydrogen-bond donors (Lipinski definition) is 1. The maximum Gasteiger partial charge on any atom is 0.192 e. The van der Waals surface area contributed by atoms with E-state index >= 15 is 0 Å². The zero-order valence-corrected chi connectivity index (χ0v) is 30.9. The number of allylic oxidation sites excluding steroid dienone is 1. The van der Waals surface area contributed by atoms with E-state index in [0.717, 1.165) is 45.3 Å². The van der Waals surface area contributed by atoms with Crippen LogP contribution in [-0.4, -0.2) is 35.9 Å². The minimum Gasteiger partial charge on any atom is -0.417 e. The van der Waals surface area contributed by atoms with Crippen molar-refractivity contribution < 1.29 is 8.85 Å². The number of nitrogens with two attached hydrogens (primary N) is 1. The van der Waals surface area contributed by atoms with Gasteiger partial charge in [0.25, 0.3) is 0 Å². The van der Waals surface area contributed by atoms with Crippen LogP contribution in [0.5, 0.6) is 0 Å². The van der Waals surface area contributed by atoms with E-state index in [-0.39, 0.29) is 20.9 Å². The monoisotopic (exact) mass is 617 g/mol. The van der Waals surface area contributed by atoms with Gasteiger partial charge >= 0.3 is 0 Å². The number of fused-ring (bicyclic) bond motifs is 1. The molecule has 3 fully saturated rings. The average Bonchev–Trinajstić information content (AvgIpc) is 3.14. The molecule has 3 aliphatic rings. The molecule has 0 amide bonds. The summed E-state index contributed by atoms with van der Waals surface area (Å²) in [6, 6.07) is 0. The van der Waals surface area contributed by atoms with E-state index in [1.54, 1.807) is 0 Å². The molecule has 3 unspecified atom stereocenters. The van der Waals surface area contributed by atoms with Gasteiger partial charge < -0.3 is 14.6 Å². The molecule has 0 aromatic carbocycles. The third kappa shape index (κ3) is 6.60. The summed E-state index contributed by atoms with van der Waals surface area (Å²) in [6.45, 7) is 30.3. The van der Waals surface area contributed by atoms with Gasteiger partial charge in [0.2, 0.25) is 0 Å². The lowest BCUT2D eigenvalue weighted by molar-refractivity contribution is -0.0880. The molecule has 7 atom stereocenters. The predicted octanol–water partition coefficient (Wildman–Crippen LogP) is 10.3. The summed E-state index contributed by atoms with van der Waals surface area (Å²) in [5.41, 5.74) is 8.24. The molecule has 3 saturated carbocycles. The van der Waals surface area contributed by atoms with Crippen LogP contribution in [0.4, 0.5) is 0 Å². The Kier molecular flexibility index (Phi) is 10.2. The van der Waals surface area contributed by atoms with Crippen LogP contribution >= 0.6 is 23.2 Å². The lowest BCUT2D eigenvalue weighted by atomic mass is 9.49. The van der Waals surface area contributed by atoms with Crippen LogP contribution in [0, 0.1) is 34.5 Å². The molecule has 0 aliphatic heterocycles. The Balaban J connectivity index is 1.93. The van der Waals surface area contributed by atoms with Crippen molar-refractivity contribution in [1.29, 1.82) is 0 Å². The van der Waals surface area contributed by atoms with Gasteiger partial charge in [0.05, 0.1) is 0 Å². The predicted molar refractivity (Wildman–Crippen MR) is 175 cm³/mol. The van der Waals surface area contributed by atoms with Gasteiger partial charge in [-0.15, -0.1) is 0 Å². The van der Waals surface area contributed by atoms with Gasteiger partial charge in [0.1, 0.15) is 4.49 Å². The highest BCUT2D eigenvalue weighted by atomic mass is 35.5. The summed E-state index contributed by atoms with van der Waals surface area (Å²) in [6.07, 6.45) is 8.30. The lowest BCUT2D eigenvalue weighted by Gasteiger charge is -2.57. The second-order valence-corrected chi connectivity index (χ2v) is 27.4. The highest BCUT2D eigenvalue weighted by molar-refractivity contribution is 6.74. The molecule has 0 saturated heterocycles. The van der Waals surface area contributed by atoms with Crippen LogP contribution in [0.2, 0.25) is 36.3 Å². The number of halogens is 2. The van der Waals surface area contributed by atoms with Gasteiger partial charge in [0, 0.05) is 12.7 Å². The van der Waals surface area contributed by atoms with Crippen LogP contribution in [0.3, 0.4) is 0 Å². The summed E-state index contributed by atoms with van der Waals surface area (Å²) in [4.78, 5) is 0. The average molecular weight is 619 g/mol. The number of hydrogen-bond acceptors (Lipinski definition) is 3. The van der Waals surface area contributed by atoms with E-state index in [0.29, 0.717) is 34.3 Å². The molecule has 2 N–H and O–H groups in total. The van der Waals surface area contributed by atoms with Crippen molar-refractivity contribution in [2.75, 3.05) is 13.2 Å². The van der Waals surface area contributed by atoms with E-state index < -0.39 is 16.6 Å². The first kappa shape index (κ1) is 34.1. The first-order chi connectivity index (χ1) is 17.6. The molecular formula is C32H61Cl2NO2Si2. The quantitative estimate of drug-likeness (QED) is 0.289. The smallest absolute Gasteiger partial charge is 0.192 e. The van der Waals surface area contributed by atoms with E-state index in [9.17, 15) is 0 Å². The third-order valence-electron chi connectivity index (χ3n) is 12.8. The third-order valence-corrected chi connectivity index (χ3v) is 22.3. The maximum atomic E-state index is 7.07. The molecule has 7 heteroatoms. The summed E-state index contributed by atoms with van der Waals surface area (Å²) < 4.78 is 14.6. The first-order valence-corrected chi connectivity index (χ1v) is 22.2. The van der Waals surface area contributed by atoms with Gasteiger partial charge in [-0.3, -0.25) is 0 Å². The molecule has 0 aromatic heterocycles. The lowest BCUT2D eigenvalue weighted by Crippen LogP contribution is -2.55. The van der Waals surface area contributed by atoms with E-state index in [1.807, 2.05) is 0 Å². The number of rotatable bonds is 7. The molecule has 0 radical (unpaired) electrons. The summed E-state index contributed by atoms with van der Waals surface area (Å²) >= 11 is 12.9. The Morgan fingerprint density at radius 1 is 0.897 bits per heavy atom. The minimum atomic E-state index is -1.87. The van der Waals surface area contributed by atoms with Crippen molar-refractivity contribution in [2.24, 2.45) is 40.2 Å². The molecule has 0 aromatic rings. The minimum absolute atomic E-state index is 0.0888. The van der Waals surface area contributed by atoms with Gasteiger partial charge in [-0.2, -0.15) is 0 Å². The van der Waals surface area contributed by atoms with Crippen molar-refractivity contribution >= 4 is 39.8 Å². The molecule has 0 bridgehead atoms. The first-order valence-electron chi connectivity index (χ1n) is 15.7. The maximum absolute atomic E-state index is 7.07. The highest BCUT2D eigenvalue weighted by Gasteiger charge is 2.58. The Labute approximate surface area is 254 Å². The van der Waals surface area contributed by atoms with E-state index in [4.69, 9.17) is 37.8 Å². The van der Waals surface area contributed by atoms with Crippen molar-refractivity contribution in [2.45, 2.75) is 143 Å². The summed E-state index contributed by atoms with van der Waals surface area (Å²) in [5, 5.41) is 0.422. The van der Waals surface area contributed by atoms with Gasteiger partial charge in [0.15, 0.2) is 16.6 Å². The van der Waals surface area contributed by atoms with Gasteiger partial charge in [-0.1, -0.05) is 78.6 Å². The fraction of sp³-hybridized carbons (Fsp3) is 0.938. The molecule has 39 heavy (non-hydrogen) atoms. The summed E-state index contributed by atoms with van der Waals surface area (Å²) in [7, 11) is -3.72. The van der Waals surface area contributed by atoms with Crippen LogP contribution in [-0.2, 0) is 8.85 Å². The van der Waals surface area contributed by atoms with Crippen molar-refractivity contribution in [3.63, 3.8) is 0 Å². The van der Waals surface area contributed by atoms with E-state index in [2.05, 4.69) is 81.6 Å². The second-order valence-electron chi connectivity index (χ2n) is 16.9. The zero-order chi connectivity index (χ0) is 29.8. The fourth-order valence-corrected chi connectivity index (χ4v) is 11.0. The Bertz CT molecular complexity index is 905. The topological polar surface area (TPSA) is 44.5 Å². The molecule has 3 nitrogen and oxygen atoms in total. The molecule has 3 rings (SSSR count). The van der Waals surface area contributed by atoms with E-state index in [1.165, 1.54) is 18.4 Å². The summed E-state index contributed by atoms with van der Waals surface area (Å²) in [5.74, 6) is 2.12. The normalized spacial score (nSPS) is 36.7. The van der Waals surface area contributed by atoms with Crippen LogP contribution in [0.25, 0.3) is 0 Å². The standard InChI is InChI=1S/C32H61Cl2NO2Si2/c1-29(2,3)38(9,10)36-21-22-19-23(37-39(11,12)30(4,5)6)15-17-31(22,7)26-16-18-32(8)25(24(26)20-35)13-14-27(32)28(33)34/h22-26H,13-21,35H2,1-12H3/t22-,23?,24+,25?,26?,31+,32+/m1/s1. The van der Waals surface area contributed by atoms with Gasteiger partial charge in [-0.05, 0) is 128 Å². The Morgan fingerprint density at radius 2 is 1.49 bits per heavy atom. The fourth-order valence-electron chi connectivity index (χ4n) is 7.91. The molecule has 0 heterocycles. The molecule has 3 aliphatic carbocycles. The van der Waals surface area contributed by atoms with Crippen molar-refractivity contribution in [1.82, 2.24) is 0 Å². The van der Waals surface area contributed by atoms with Crippen molar-refractivity contribution in [3.8, 4) is 0 Å². The Hall–Kier alpha value is 0.634. The highest BCUT2D eigenvalue weighted by Crippen LogP contribution is 2.64. The SMILES string of the molecule is CC(C)(C)[Si](C)(C)OC[C@H]1CC(O[Si](C)(C)C(C)(C)C)CC[C@]1(C)C1CC[C@]2(C)C(=C(Cl)Cl)CCC2[C@@H]1CN. The van der Waals surface area contributed by atoms with Gasteiger partial charge in [-0.25, -0.2) is 0 Å². The van der Waals surface area contributed by atoms with Crippen molar-refractivity contribution in [3.05, 3.63) is 10.1 Å². The van der Waals surface area contributed by atoms with Crippen LogP contribution in [0.1, 0.15) is 100 Å². The zero-order valence-electron chi connectivity index (χ0n) is 27.4. The molecule has 228 valence electrons. The molecular weight excluding hydrogens is 557 g/mol.